The largest absolute Gasteiger partial charge is 0.465 e. The molecule has 1 heterocycles. The highest BCUT2D eigenvalue weighted by Crippen LogP contribution is 2.55. The molecule has 0 N–H and O–H groups in total. The van der Waals surface area contributed by atoms with Crippen LogP contribution in [0, 0.1) is 34.0 Å². The van der Waals surface area contributed by atoms with E-state index in [0.29, 0.717) is 0 Å². The fraction of sp³-hybridized carbons (Fsp3) is 0.118. The molecular weight excluding hydrogens is 319 g/mol. The first-order valence-electron chi connectivity index (χ1n) is 6.50. The number of halogens is 3. The van der Waals surface area contributed by atoms with Crippen molar-refractivity contribution in [2.24, 2.45) is 0 Å². The van der Waals surface area contributed by atoms with Crippen LogP contribution in [0.25, 0.3) is 0 Å². The number of hydrogen-bond donors (Lipinski definition) is 0. The molecule has 0 amide bonds. The summed E-state index contributed by atoms with van der Waals surface area (Å²) >= 11 is 0. The average Bonchev–Trinajstić information content (AvgIpc) is 2.92. The van der Waals surface area contributed by atoms with Crippen LogP contribution in [0.2, 0.25) is 0 Å². The van der Waals surface area contributed by atoms with Crippen molar-refractivity contribution in [3.8, 4) is 18.2 Å². The molecule has 0 aliphatic carbocycles. The second-order valence-corrected chi connectivity index (χ2v) is 4.68. The van der Waals surface area contributed by atoms with Crippen LogP contribution in [0.15, 0.2) is 65.5 Å². The molecule has 1 atom stereocenters. The fourth-order valence-corrected chi connectivity index (χ4v) is 2.48. The van der Waals surface area contributed by atoms with Gasteiger partial charge in [0.2, 0.25) is 0 Å². The SMILES string of the molecule is C=CC1=C(C#N)C(=C(C#N)C#N)OC1(c1ccccc1)C(F)(F)F. The number of alkyl halides is 3. The zero-order valence-corrected chi connectivity index (χ0v) is 12.1. The summed E-state index contributed by atoms with van der Waals surface area (Å²) in [6.45, 7) is 3.34. The normalized spacial score (nSPS) is 19.8. The van der Waals surface area contributed by atoms with Crippen molar-refractivity contribution in [3.63, 3.8) is 0 Å². The molecule has 7 heteroatoms. The molecule has 0 aromatic heterocycles. The van der Waals surface area contributed by atoms with Gasteiger partial charge in [-0.3, -0.25) is 0 Å². The van der Waals surface area contributed by atoms with E-state index in [9.17, 15) is 18.4 Å². The van der Waals surface area contributed by atoms with Crippen molar-refractivity contribution in [3.05, 3.63) is 71.0 Å². The first kappa shape index (κ1) is 16.9. The van der Waals surface area contributed by atoms with Gasteiger partial charge in [0.15, 0.2) is 11.3 Å². The van der Waals surface area contributed by atoms with Crippen LogP contribution in [-0.4, -0.2) is 6.18 Å². The second-order valence-electron chi connectivity index (χ2n) is 4.68. The predicted molar refractivity (Wildman–Crippen MR) is 76.3 cm³/mol. The van der Waals surface area contributed by atoms with Crippen molar-refractivity contribution >= 4 is 0 Å². The van der Waals surface area contributed by atoms with Crippen LogP contribution in [0.4, 0.5) is 13.2 Å². The van der Waals surface area contributed by atoms with Gasteiger partial charge in [-0.05, 0) is 0 Å². The van der Waals surface area contributed by atoms with Gasteiger partial charge >= 0.3 is 6.18 Å². The van der Waals surface area contributed by atoms with Gasteiger partial charge in [0.05, 0.1) is 0 Å². The number of ether oxygens (including phenoxy) is 1. The smallest absolute Gasteiger partial charge is 0.437 e. The Morgan fingerprint density at radius 2 is 1.71 bits per heavy atom. The Hall–Kier alpha value is -3.50. The summed E-state index contributed by atoms with van der Waals surface area (Å²) in [5.74, 6) is -0.696. The van der Waals surface area contributed by atoms with Gasteiger partial charge in [0.25, 0.3) is 5.60 Å². The molecule has 1 unspecified atom stereocenters. The van der Waals surface area contributed by atoms with Gasteiger partial charge in [0, 0.05) is 11.1 Å². The van der Waals surface area contributed by atoms with E-state index < -0.39 is 34.3 Å². The van der Waals surface area contributed by atoms with Gasteiger partial charge in [-0.25, -0.2) is 0 Å². The third-order valence-electron chi connectivity index (χ3n) is 3.48. The fourth-order valence-electron chi connectivity index (χ4n) is 2.48. The van der Waals surface area contributed by atoms with E-state index in [1.165, 1.54) is 42.5 Å². The van der Waals surface area contributed by atoms with Gasteiger partial charge in [-0.15, -0.1) is 0 Å². The Morgan fingerprint density at radius 3 is 2.12 bits per heavy atom. The molecule has 0 saturated heterocycles. The number of benzene rings is 1. The highest BCUT2D eigenvalue weighted by atomic mass is 19.4. The van der Waals surface area contributed by atoms with Gasteiger partial charge < -0.3 is 4.74 Å². The zero-order valence-electron chi connectivity index (χ0n) is 12.1. The van der Waals surface area contributed by atoms with Gasteiger partial charge in [-0.1, -0.05) is 43.0 Å². The highest BCUT2D eigenvalue weighted by Gasteiger charge is 2.65. The summed E-state index contributed by atoms with van der Waals surface area (Å²) in [5.41, 5.74) is -5.10. The van der Waals surface area contributed by atoms with Crippen molar-refractivity contribution in [2.45, 2.75) is 11.8 Å². The molecule has 1 aliphatic heterocycles. The van der Waals surface area contributed by atoms with E-state index in [2.05, 4.69) is 6.58 Å². The molecule has 1 aromatic carbocycles. The minimum atomic E-state index is -4.96. The van der Waals surface area contributed by atoms with Gasteiger partial charge in [-0.2, -0.15) is 29.0 Å². The van der Waals surface area contributed by atoms with E-state index in [1.54, 1.807) is 6.07 Å². The molecule has 0 radical (unpaired) electrons. The van der Waals surface area contributed by atoms with Crippen LogP contribution in [0.3, 0.4) is 0 Å². The lowest BCUT2D eigenvalue weighted by atomic mass is 9.84. The molecule has 0 saturated carbocycles. The highest BCUT2D eigenvalue weighted by molar-refractivity contribution is 5.62. The Kier molecular flexibility index (Phi) is 4.18. The molecule has 1 aliphatic rings. The summed E-state index contributed by atoms with van der Waals surface area (Å²) in [4.78, 5) is 0. The topological polar surface area (TPSA) is 80.6 Å². The van der Waals surface area contributed by atoms with Crippen LogP contribution in [0.1, 0.15) is 5.56 Å². The van der Waals surface area contributed by atoms with E-state index in [0.717, 1.165) is 6.08 Å². The van der Waals surface area contributed by atoms with Crippen molar-refractivity contribution in [2.75, 3.05) is 0 Å². The van der Waals surface area contributed by atoms with E-state index in [4.69, 9.17) is 15.3 Å². The van der Waals surface area contributed by atoms with Crippen LogP contribution in [0.5, 0.6) is 0 Å². The van der Waals surface area contributed by atoms with Crippen LogP contribution < -0.4 is 0 Å². The molecule has 118 valence electrons. The quantitative estimate of drug-likeness (QED) is 0.774. The Balaban J connectivity index is 2.96. The second kappa shape index (κ2) is 5.95. The Labute approximate surface area is 135 Å². The van der Waals surface area contributed by atoms with E-state index in [-0.39, 0.29) is 5.56 Å². The van der Waals surface area contributed by atoms with Crippen molar-refractivity contribution in [1.82, 2.24) is 0 Å². The van der Waals surface area contributed by atoms with Crippen LogP contribution >= 0.6 is 0 Å². The number of nitriles is 3. The third-order valence-corrected chi connectivity index (χ3v) is 3.48. The maximum absolute atomic E-state index is 14.0. The standard InChI is InChI=1S/C17H8F3N3O/c1-2-14-13(10-23)15(11(8-21)9-22)24-16(14,17(18,19)20)12-6-4-3-5-7-12/h2-7H,1H2. The van der Waals surface area contributed by atoms with Gasteiger partial charge in [0.1, 0.15) is 23.8 Å². The molecule has 0 fully saturated rings. The Bertz CT molecular complexity index is 861. The molecule has 0 bridgehead atoms. The maximum Gasteiger partial charge on any atom is 0.437 e. The minimum absolute atomic E-state index is 0.287. The molecule has 0 spiro atoms. The van der Waals surface area contributed by atoms with Crippen molar-refractivity contribution < 1.29 is 17.9 Å². The first-order valence-corrected chi connectivity index (χ1v) is 6.50. The lowest BCUT2D eigenvalue weighted by molar-refractivity contribution is -0.249. The Morgan fingerprint density at radius 1 is 1.12 bits per heavy atom. The first-order chi connectivity index (χ1) is 11.4. The summed E-state index contributed by atoms with van der Waals surface area (Å²) in [6, 6.07) is 11.2. The summed E-state index contributed by atoms with van der Waals surface area (Å²) < 4.78 is 47.1. The molecule has 1 aromatic rings. The lowest BCUT2D eigenvalue weighted by Crippen LogP contribution is -2.43. The molecule has 4 nitrogen and oxygen atoms in total. The number of nitrogens with zero attached hydrogens (tertiary/aromatic N) is 3. The van der Waals surface area contributed by atoms with E-state index >= 15 is 0 Å². The molecule has 2 rings (SSSR count). The van der Waals surface area contributed by atoms with E-state index in [1.807, 2.05) is 0 Å². The zero-order chi connectivity index (χ0) is 18.0. The van der Waals surface area contributed by atoms with Crippen LogP contribution in [-0.2, 0) is 10.3 Å². The lowest BCUT2D eigenvalue weighted by Gasteiger charge is -2.33. The number of rotatable bonds is 2. The molecule has 24 heavy (non-hydrogen) atoms. The summed E-state index contributed by atoms with van der Waals surface area (Å²) in [7, 11) is 0. The molecular formula is C17H8F3N3O. The minimum Gasteiger partial charge on any atom is -0.465 e. The maximum atomic E-state index is 14.0. The predicted octanol–water partition coefficient (Wildman–Crippen LogP) is 3.78. The summed E-state index contributed by atoms with van der Waals surface area (Å²) in [6.07, 6.45) is -4.10. The number of hydrogen-bond acceptors (Lipinski definition) is 4. The van der Waals surface area contributed by atoms with Crippen molar-refractivity contribution in [1.29, 1.82) is 15.8 Å². The monoisotopic (exact) mass is 327 g/mol. The third kappa shape index (κ3) is 2.22. The average molecular weight is 327 g/mol. The summed E-state index contributed by atoms with van der Waals surface area (Å²) in [5, 5.41) is 27.2. The number of allylic oxidation sites excluding steroid dienone is 2.